The van der Waals surface area contributed by atoms with Crippen LogP contribution in [-0.2, 0) is 11.3 Å². The lowest BCUT2D eigenvalue weighted by molar-refractivity contribution is -0.126. The van der Waals surface area contributed by atoms with E-state index in [1.54, 1.807) is 0 Å². The second-order valence-electron chi connectivity index (χ2n) is 7.63. The summed E-state index contributed by atoms with van der Waals surface area (Å²) < 4.78 is 1.12. The number of nitrogens with one attached hydrogen (secondary N) is 1. The third kappa shape index (κ3) is 6.58. The highest BCUT2D eigenvalue weighted by Crippen LogP contribution is 2.27. The quantitative estimate of drug-likeness (QED) is 0.617. The average Bonchev–Trinajstić information content (AvgIpc) is 2.66. The van der Waals surface area contributed by atoms with Gasteiger partial charge in [0.1, 0.15) is 0 Å². The monoisotopic (exact) mass is 438 g/mol. The van der Waals surface area contributed by atoms with Crippen molar-refractivity contribution in [1.29, 1.82) is 0 Å². The van der Waals surface area contributed by atoms with Crippen molar-refractivity contribution in [3.05, 3.63) is 34.3 Å². The second-order valence-corrected chi connectivity index (χ2v) is 9.95. The van der Waals surface area contributed by atoms with Crippen LogP contribution in [0.1, 0.15) is 50.5 Å². The predicted molar refractivity (Wildman–Crippen MR) is 114 cm³/mol. The summed E-state index contributed by atoms with van der Waals surface area (Å²) in [4.78, 5) is 15.0. The third-order valence-corrected chi connectivity index (χ3v) is 7.35. The number of carbonyl (C=O) groups is 1. The maximum atomic E-state index is 12.5. The van der Waals surface area contributed by atoms with Crippen LogP contribution in [0.25, 0.3) is 0 Å². The smallest absolute Gasteiger partial charge is 0.224 e. The molecule has 3 nitrogen and oxygen atoms in total. The molecule has 1 aliphatic heterocycles. The number of hydrogen-bond acceptors (Lipinski definition) is 3. The van der Waals surface area contributed by atoms with Gasteiger partial charge >= 0.3 is 0 Å². The number of nitrogens with zero attached hydrogens (tertiary/aromatic N) is 1. The molecule has 1 aromatic carbocycles. The van der Waals surface area contributed by atoms with E-state index in [4.69, 9.17) is 0 Å². The number of hydrogen-bond donors (Lipinski definition) is 1. The van der Waals surface area contributed by atoms with E-state index in [0.29, 0.717) is 0 Å². The van der Waals surface area contributed by atoms with Crippen molar-refractivity contribution in [1.82, 2.24) is 10.2 Å². The van der Waals surface area contributed by atoms with Crippen molar-refractivity contribution in [3.8, 4) is 0 Å². The molecule has 1 atom stereocenters. The minimum Gasteiger partial charge on any atom is -0.355 e. The Morgan fingerprint density at radius 1 is 1.19 bits per heavy atom. The van der Waals surface area contributed by atoms with Crippen molar-refractivity contribution < 1.29 is 4.79 Å². The number of halogens is 1. The molecule has 1 saturated heterocycles. The molecule has 144 valence electrons. The van der Waals surface area contributed by atoms with Crippen LogP contribution in [0.5, 0.6) is 0 Å². The summed E-state index contributed by atoms with van der Waals surface area (Å²) in [5.41, 5.74) is 1.31. The first-order chi connectivity index (χ1) is 12.7. The number of amides is 1. The van der Waals surface area contributed by atoms with Crippen LogP contribution in [0, 0.1) is 5.92 Å². The van der Waals surface area contributed by atoms with Crippen LogP contribution in [0.15, 0.2) is 28.7 Å². The first-order valence-electron chi connectivity index (χ1n) is 10.1. The number of benzene rings is 1. The lowest BCUT2D eigenvalue weighted by Crippen LogP contribution is -2.43. The summed E-state index contributed by atoms with van der Waals surface area (Å²) in [5.74, 6) is 1.47. The Kier molecular flexibility index (Phi) is 8.34. The van der Waals surface area contributed by atoms with Gasteiger partial charge in [0.05, 0.1) is 5.92 Å². The van der Waals surface area contributed by atoms with E-state index in [-0.39, 0.29) is 11.8 Å². The molecule has 5 heteroatoms. The minimum absolute atomic E-state index is 0.149. The SMILES string of the molecule is O=C(NCCSC1CCCCC1)C1CCCN(Cc2cccc(Br)c2)C1. The van der Waals surface area contributed by atoms with Crippen molar-refractivity contribution in [3.63, 3.8) is 0 Å². The fourth-order valence-corrected chi connectivity index (χ4v) is 5.75. The molecule has 1 unspecified atom stereocenters. The first kappa shape index (κ1) is 20.2. The molecule has 0 radical (unpaired) electrons. The lowest BCUT2D eigenvalue weighted by Gasteiger charge is -2.32. The van der Waals surface area contributed by atoms with Crippen molar-refractivity contribution >= 4 is 33.6 Å². The molecule has 2 fully saturated rings. The first-order valence-corrected chi connectivity index (χ1v) is 11.9. The number of carbonyl (C=O) groups excluding carboxylic acids is 1. The van der Waals surface area contributed by atoms with Gasteiger partial charge in [-0.15, -0.1) is 0 Å². The Bertz CT molecular complexity index is 577. The summed E-state index contributed by atoms with van der Waals surface area (Å²) in [6.45, 7) is 3.73. The van der Waals surface area contributed by atoms with E-state index in [0.717, 1.165) is 54.5 Å². The van der Waals surface area contributed by atoms with Crippen LogP contribution in [0.4, 0.5) is 0 Å². The highest BCUT2D eigenvalue weighted by Gasteiger charge is 2.25. The number of thioether (sulfide) groups is 1. The molecular formula is C21H31BrN2OS. The van der Waals surface area contributed by atoms with Gasteiger partial charge in [-0.25, -0.2) is 0 Å². The van der Waals surface area contributed by atoms with Gasteiger partial charge in [0, 0.05) is 35.1 Å². The lowest BCUT2D eigenvalue weighted by atomic mass is 9.96. The van der Waals surface area contributed by atoms with Gasteiger partial charge in [-0.2, -0.15) is 11.8 Å². The van der Waals surface area contributed by atoms with Crippen LogP contribution in [0.2, 0.25) is 0 Å². The molecule has 3 rings (SSSR count). The molecule has 2 aliphatic rings. The molecule has 26 heavy (non-hydrogen) atoms. The zero-order valence-electron chi connectivity index (χ0n) is 15.6. The summed E-state index contributed by atoms with van der Waals surface area (Å²) >= 11 is 5.60. The Labute approximate surface area is 170 Å². The van der Waals surface area contributed by atoms with E-state index in [1.807, 2.05) is 0 Å². The number of piperidine rings is 1. The van der Waals surface area contributed by atoms with Gasteiger partial charge in [0.15, 0.2) is 0 Å². The highest BCUT2D eigenvalue weighted by atomic mass is 79.9. The van der Waals surface area contributed by atoms with Crippen molar-refractivity contribution in [2.75, 3.05) is 25.4 Å². The topological polar surface area (TPSA) is 32.3 Å². The van der Waals surface area contributed by atoms with Gasteiger partial charge in [-0.05, 0) is 49.9 Å². The fourth-order valence-electron chi connectivity index (χ4n) is 4.08. The van der Waals surface area contributed by atoms with Crippen LogP contribution >= 0.6 is 27.7 Å². The summed E-state index contributed by atoms with van der Waals surface area (Å²) in [6.07, 6.45) is 9.06. The zero-order chi connectivity index (χ0) is 18.2. The number of likely N-dealkylation sites (tertiary alicyclic amines) is 1. The third-order valence-electron chi connectivity index (χ3n) is 5.48. The van der Waals surface area contributed by atoms with E-state index in [2.05, 4.69) is 62.2 Å². The van der Waals surface area contributed by atoms with Gasteiger partial charge in [-0.3, -0.25) is 9.69 Å². The van der Waals surface area contributed by atoms with Gasteiger partial charge in [0.2, 0.25) is 5.91 Å². The maximum absolute atomic E-state index is 12.5. The maximum Gasteiger partial charge on any atom is 0.224 e. The van der Waals surface area contributed by atoms with Crippen LogP contribution < -0.4 is 5.32 Å². The van der Waals surface area contributed by atoms with E-state index in [9.17, 15) is 4.79 Å². The highest BCUT2D eigenvalue weighted by molar-refractivity contribution is 9.10. The molecule has 1 aliphatic carbocycles. The molecule has 1 amide bonds. The van der Waals surface area contributed by atoms with Crippen LogP contribution in [0.3, 0.4) is 0 Å². The predicted octanol–water partition coefficient (Wildman–Crippen LogP) is 4.84. The molecule has 1 saturated carbocycles. The summed E-state index contributed by atoms with van der Waals surface area (Å²) in [6, 6.07) is 8.47. The average molecular weight is 439 g/mol. The van der Waals surface area contributed by atoms with Gasteiger partial charge in [0.25, 0.3) is 0 Å². The van der Waals surface area contributed by atoms with E-state index in [1.165, 1.54) is 37.7 Å². The van der Waals surface area contributed by atoms with E-state index >= 15 is 0 Å². The van der Waals surface area contributed by atoms with E-state index < -0.39 is 0 Å². The minimum atomic E-state index is 0.149. The zero-order valence-corrected chi connectivity index (χ0v) is 18.0. The standard InChI is InChI=1S/C21H31BrN2OS/c22-19-8-4-6-17(14-19)15-24-12-5-7-18(16-24)21(25)23-11-13-26-20-9-2-1-3-10-20/h4,6,8,14,18,20H,1-3,5,7,9-13,15-16H2,(H,23,25). The Hall–Kier alpha value is -0.520. The molecule has 1 N–H and O–H groups in total. The molecular weight excluding hydrogens is 408 g/mol. The van der Waals surface area contributed by atoms with Crippen LogP contribution in [-0.4, -0.2) is 41.4 Å². The molecule has 1 aromatic rings. The Morgan fingerprint density at radius 2 is 2.04 bits per heavy atom. The Balaban J connectivity index is 1.37. The fraction of sp³-hybridized carbons (Fsp3) is 0.667. The molecule has 1 heterocycles. The summed E-state index contributed by atoms with van der Waals surface area (Å²) in [5, 5.41) is 4.02. The van der Waals surface area contributed by atoms with Crippen molar-refractivity contribution in [2.45, 2.75) is 56.7 Å². The molecule has 0 aromatic heterocycles. The van der Waals surface area contributed by atoms with Gasteiger partial charge < -0.3 is 5.32 Å². The Morgan fingerprint density at radius 3 is 2.85 bits per heavy atom. The molecule has 0 spiro atoms. The molecule has 0 bridgehead atoms. The van der Waals surface area contributed by atoms with Crippen molar-refractivity contribution in [2.24, 2.45) is 5.92 Å². The van der Waals surface area contributed by atoms with Gasteiger partial charge in [-0.1, -0.05) is 47.3 Å². The largest absolute Gasteiger partial charge is 0.355 e. The number of rotatable bonds is 7. The normalized spacial score (nSPS) is 22.3. The second kappa shape index (κ2) is 10.7. The summed E-state index contributed by atoms with van der Waals surface area (Å²) in [7, 11) is 0.